The Kier molecular flexibility index (Phi) is 7.92. The molecule has 2 aromatic carbocycles. The van der Waals surface area contributed by atoms with Gasteiger partial charge in [-0.1, -0.05) is 59.6 Å². The standard InChI is InChI=1S/C24H27BrN2O4S/c1-4-27(5-2)21(18-8-6-17(3)7-9-18)16-26-24(28)22-14-15-23(31-22)32(29,30)20-12-10-19(25)11-13-20/h6-15,21H,4-5,16H2,1-3H3,(H,26,28). The third-order valence-corrected chi connectivity index (χ3v) is 7.54. The summed E-state index contributed by atoms with van der Waals surface area (Å²) in [6.07, 6.45) is 0. The van der Waals surface area contributed by atoms with Crippen LogP contribution in [0.5, 0.6) is 0 Å². The van der Waals surface area contributed by atoms with Gasteiger partial charge in [0.15, 0.2) is 5.76 Å². The van der Waals surface area contributed by atoms with Crippen molar-refractivity contribution in [3.05, 3.63) is 82.0 Å². The van der Waals surface area contributed by atoms with Crippen LogP contribution < -0.4 is 5.32 Å². The monoisotopic (exact) mass is 518 g/mol. The van der Waals surface area contributed by atoms with Crippen molar-refractivity contribution in [2.75, 3.05) is 19.6 Å². The van der Waals surface area contributed by atoms with Gasteiger partial charge in [0.05, 0.1) is 10.9 Å². The summed E-state index contributed by atoms with van der Waals surface area (Å²) < 4.78 is 31.8. The van der Waals surface area contributed by atoms with E-state index in [0.29, 0.717) is 6.54 Å². The molecule has 170 valence electrons. The summed E-state index contributed by atoms with van der Waals surface area (Å²) in [4.78, 5) is 15.1. The second-order valence-electron chi connectivity index (χ2n) is 7.43. The Morgan fingerprint density at radius 1 is 1.00 bits per heavy atom. The Morgan fingerprint density at radius 3 is 2.22 bits per heavy atom. The minimum Gasteiger partial charge on any atom is -0.439 e. The Bertz CT molecular complexity index is 1150. The molecule has 1 N–H and O–H groups in total. The minimum atomic E-state index is -3.84. The van der Waals surface area contributed by atoms with Crippen LogP contribution in [0.3, 0.4) is 0 Å². The van der Waals surface area contributed by atoms with Gasteiger partial charge in [-0.25, -0.2) is 8.42 Å². The fourth-order valence-corrected chi connectivity index (χ4v) is 4.94. The van der Waals surface area contributed by atoms with E-state index in [9.17, 15) is 13.2 Å². The third kappa shape index (κ3) is 5.49. The number of amides is 1. The van der Waals surface area contributed by atoms with Crippen LogP contribution in [0.2, 0.25) is 0 Å². The second kappa shape index (κ2) is 10.5. The molecule has 3 aromatic rings. The topological polar surface area (TPSA) is 79.6 Å². The van der Waals surface area contributed by atoms with E-state index < -0.39 is 15.7 Å². The van der Waals surface area contributed by atoms with Crippen molar-refractivity contribution in [3.8, 4) is 0 Å². The van der Waals surface area contributed by atoms with Gasteiger partial charge < -0.3 is 9.73 Å². The quantitative estimate of drug-likeness (QED) is 0.431. The van der Waals surface area contributed by atoms with E-state index in [4.69, 9.17) is 4.42 Å². The zero-order valence-corrected chi connectivity index (χ0v) is 20.7. The van der Waals surface area contributed by atoms with E-state index in [2.05, 4.69) is 64.3 Å². The molecule has 0 bridgehead atoms. The average Bonchev–Trinajstić information content (AvgIpc) is 3.29. The highest BCUT2D eigenvalue weighted by Gasteiger charge is 2.25. The normalized spacial score (nSPS) is 12.7. The number of aryl methyl sites for hydroxylation is 1. The molecular weight excluding hydrogens is 492 g/mol. The van der Waals surface area contributed by atoms with Gasteiger partial charge in [-0.15, -0.1) is 0 Å². The van der Waals surface area contributed by atoms with E-state index in [1.807, 2.05) is 6.92 Å². The summed E-state index contributed by atoms with van der Waals surface area (Å²) in [5.74, 6) is -0.491. The molecule has 32 heavy (non-hydrogen) atoms. The van der Waals surface area contributed by atoms with Crippen LogP contribution in [0, 0.1) is 6.92 Å². The molecular formula is C24H27BrN2O4S. The maximum absolute atomic E-state index is 12.8. The number of carbonyl (C=O) groups is 1. The second-order valence-corrected chi connectivity index (χ2v) is 10.2. The molecule has 8 heteroatoms. The number of hydrogen-bond acceptors (Lipinski definition) is 5. The summed E-state index contributed by atoms with van der Waals surface area (Å²) >= 11 is 3.29. The zero-order chi connectivity index (χ0) is 23.3. The van der Waals surface area contributed by atoms with E-state index in [-0.39, 0.29) is 21.8 Å². The van der Waals surface area contributed by atoms with Gasteiger partial charge in [-0.2, -0.15) is 0 Å². The first-order valence-electron chi connectivity index (χ1n) is 10.5. The number of benzene rings is 2. The van der Waals surface area contributed by atoms with Crippen molar-refractivity contribution in [1.29, 1.82) is 0 Å². The predicted molar refractivity (Wildman–Crippen MR) is 127 cm³/mol. The molecule has 1 aromatic heterocycles. The number of halogens is 1. The lowest BCUT2D eigenvalue weighted by Gasteiger charge is -2.30. The van der Waals surface area contributed by atoms with Gasteiger partial charge >= 0.3 is 0 Å². The van der Waals surface area contributed by atoms with Crippen molar-refractivity contribution in [2.45, 2.75) is 36.8 Å². The Morgan fingerprint density at radius 2 is 1.62 bits per heavy atom. The van der Waals surface area contributed by atoms with Crippen LogP contribution in [0.15, 0.2) is 79.5 Å². The fraction of sp³-hybridized carbons (Fsp3) is 0.292. The lowest BCUT2D eigenvalue weighted by Crippen LogP contribution is -2.38. The van der Waals surface area contributed by atoms with Gasteiger partial charge in [0, 0.05) is 11.0 Å². The fourth-order valence-electron chi connectivity index (χ4n) is 3.50. The van der Waals surface area contributed by atoms with Gasteiger partial charge in [0.1, 0.15) is 0 Å². The molecule has 1 atom stereocenters. The van der Waals surface area contributed by atoms with E-state index in [1.165, 1.54) is 29.8 Å². The number of sulfone groups is 1. The maximum atomic E-state index is 12.8. The van der Waals surface area contributed by atoms with Crippen LogP contribution in [0.4, 0.5) is 0 Å². The Balaban J connectivity index is 1.75. The van der Waals surface area contributed by atoms with Crippen LogP contribution in [-0.2, 0) is 9.84 Å². The van der Waals surface area contributed by atoms with Crippen molar-refractivity contribution < 1.29 is 17.6 Å². The molecule has 0 radical (unpaired) electrons. The molecule has 0 aliphatic carbocycles. The summed E-state index contributed by atoms with van der Waals surface area (Å²) in [6, 6.07) is 17.2. The van der Waals surface area contributed by atoms with Gasteiger partial charge in [0.25, 0.3) is 5.91 Å². The van der Waals surface area contributed by atoms with Crippen LogP contribution >= 0.6 is 15.9 Å². The van der Waals surface area contributed by atoms with Crippen LogP contribution in [0.1, 0.15) is 41.6 Å². The van der Waals surface area contributed by atoms with E-state index >= 15 is 0 Å². The Labute approximate surface area is 197 Å². The largest absolute Gasteiger partial charge is 0.439 e. The summed E-state index contributed by atoms with van der Waals surface area (Å²) in [6.45, 7) is 8.24. The first kappa shape index (κ1) is 24.2. The molecule has 0 saturated heterocycles. The molecule has 0 aliphatic rings. The minimum absolute atomic E-state index is 0.00418. The summed E-state index contributed by atoms with van der Waals surface area (Å²) in [5.41, 5.74) is 2.28. The van der Waals surface area contributed by atoms with Crippen LogP contribution in [-0.4, -0.2) is 38.9 Å². The first-order valence-corrected chi connectivity index (χ1v) is 12.7. The van der Waals surface area contributed by atoms with Gasteiger partial charge in [-0.05, 0) is 62.0 Å². The first-order chi connectivity index (χ1) is 15.3. The molecule has 0 saturated carbocycles. The predicted octanol–water partition coefficient (Wildman–Crippen LogP) is 5.00. The van der Waals surface area contributed by atoms with Crippen molar-refractivity contribution >= 4 is 31.7 Å². The van der Waals surface area contributed by atoms with Crippen LogP contribution in [0.25, 0.3) is 0 Å². The maximum Gasteiger partial charge on any atom is 0.287 e. The molecule has 3 rings (SSSR count). The number of nitrogens with zero attached hydrogens (tertiary/aromatic N) is 1. The number of rotatable bonds is 9. The molecule has 0 fully saturated rings. The highest BCUT2D eigenvalue weighted by molar-refractivity contribution is 9.10. The van der Waals surface area contributed by atoms with Gasteiger partial charge in [-0.3, -0.25) is 9.69 Å². The lowest BCUT2D eigenvalue weighted by atomic mass is 10.0. The van der Waals surface area contributed by atoms with Crippen molar-refractivity contribution in [1.82, 2.24) is 10.2 Å². The molecule has 1 amide bonds. The highest BCUT2D eigenvalue weighted by Crippen LogP contribution is 2.25. The van der Waals surface area contributed by atoms with Crippen molar-refractivity contribution in [3.63, 3.8) is 0 Å². The van der Waals surface area contributed by atoms with Gasteiger partial charge in [0.2, 0.25) is 14.9 Å². The number of carbonyl (C=O) groups excluding carboxylic acids is 1. The van der Waals surface area contributed by atoms with E-state index in [1.54, 1.807) is 12.1 Å². The highest BCUT2D eigenvalue weighted by atomic mass is 79.9. The molecule has 1 heterocycles. The number of hydrogen-bond donors (Lipinski definition) is 1. The lowest BCUT2D eigenvalue weighted by molar-refractivity contribution is 0.0902. The average molecular weight is 519 g/mol. The number of furan rings is 1. The molecule has 6 nitrogen and oxygen atoms in total. The summed E-state index contributed by atoms with van der Waals surface area (Å²) in [7, 11) is -3.84. The number of nitrogens with one attached hydrogen (secondary N) is 1. The van der Waals surface area contributed by atoms with E-state index in [0.717, 1.165) is 23.1 Å². The zero-order valence-electron chi connectivity index (χ0n) is 18.3. The number of likely N-dealkylation sites (N-methyl/N-ethyl adjacent to an activating group) is 1. The molecule has 0 aliphatic heterocycles. The Hall–Kier alpha value is -2.42. The molecule has 1 unspecified atom stereocenters. The van der Waals surface area contributed by atoms with Crippen molar-refractivity contribution in [2.24, 2.45) is 0 Å². The third-order valence-electron chi connectivity index (χ3n) is 5.37. The SMILES string of the molecule is CCN(CC)C(CNC(=O)c1ccc(S(=O)(=O)c2ccc(Br)cc2)o1)c1ccc(C)cc1. The molecule has 0 spiro atoms. The smallest absolute Gasteiger partial charge is 0.287 e. The summed E-state index contributed by atoms with van der Waals surface area (Å²) in [5, 5.41) is 2.64.